The minimum absolute atomic E-state index is 0.122. The Kier molecular flexibility index (Phi) is 14.6. The molecule has 0 spiro atoms. The number of carbonyl (C=O) groups excluding carboxylic acids is 4. The summed E-state index contributed by atoms with van der Waals surface area (Å²) in [5.74, 6) is -7.80. The number of ether oxygens (including phenoxy) is 4. The summed E-state index contributed by atoms with van der Waals surface area (Å²) in [4.78, 5) is 65.9. The van der Waals surface area contributed by atoms with Crippen LogP contribution in [0.5, 0.6) is 0 Å². The lowest BCUT2D eigenvalue weighted by Gasteiger charge is -2.53. The molecular weight excluding hydrogens is 725 g/mol. The van der Waals surface area contributed by atoms with Crippen molar-refractivity contribution in [1.29, 1.82) is 0 Å². The normalized spacial score (nSPS) is 25.4. The highest BCUT2D eigenvalue weighted by Crippen LogP contribution is 2.42. The molecule has 2 atom stereocenters. The van der Waals surface area contributed by atoms with Crippen molar-refractivity contribution in [3.63, 3.8) is 0 Å². The molecule has 0 aromatic carbocycles. The monoisotopic (exact) mass is 807 g/mol. The molecule has 3 rings (SSSR count). The van der Waals surface area contributed by atoms with E-state index < -0.39 is 65.7 Å². The van der Waals surface area contributed by atoms with E-state index in [1.807, 2.05) is 48.8 Å². The van der Waals surface area contributed by atoms with Crippen LogP contribution in [0.25, 0.3) is 0 Å². The van der Waals surface area contributed by atoms with Gasteiger partial charge in [0.25, 0.3) is 0 Å². The maximum absolute atomic E-state index is 14.8. The predicted octanol–water partition coefficient (Wildman–Crippen LogP) is 6.89. The Bertz CT molecular complexity index is 1350. The fourth-order valence-corrected chi connectivity index (χ4v) is 10.1. The lowest BCUT2D eigenvalue weighted by atomic mass is 9.78. The van der Waals surface area contributed by atoms with Crippen LogP contribution in [-0.2, 0) is 38.1 Å². The molecule has 0 bridgehead atoms. The summed E-state index contributed by atoms with van der Waals surface area (Å²) in [6, 6.07) is 0. The predicted molar refractivity (Wildman–Crippen MR) is 224 cm³/mol. The first-order valence-electron chi connectivity index (χ1n) is 21.3. The highest BCUT2D eigenvalue weighted by Gasteiger charge is 2.54. The molecule has 3 aliphatic rings. The first-order valence-corrected chi connectivity index (χ1v) is 21.3. The van der Waals surface area contributed by atoms with Crippen molar-refractivity contribution in [2.75, 3.05) is 21.1 Å². The Balaban J connectivity index is 2.16. The van der Waals surface area contributed by atoms with Crippen LogP contribution in [0.4, 0.5) is 0 Å². The fraction of sp³-hybridized carbons (Fsp3) is 0.911. The molecule has 2 N–H and O–H groups in total. The van der Waals surface area contributed by atoms with Crippen molar-refractivity contribution in [2.24, 2.45) is 23.5 Å². The van der Waals surface area contributed by atoms with Gasteiger partial charge >= 0.3 is 23.9 Å². The maximum atomic E-state index is 14.8. The van der Waals surface area contributed by atoms with Crippen LogP contribution in [0, 0.1) is 17.8 Å². The van der Waals surface area contributed by atoms with Crippen LogP contribution in [0.15, 0.2) is 0 Å². The van der Waals surface area contributed by atoms with Gasteiger partial charge in [-0.2, -0.15) is 0 Å². The standard InChI is InChI=1S/C45H82N4O8/c1-28(2)20-29(21-39(3,4)46)54-35(50)33(36(51)55-30-22-40(5,6)47(17)41(7,8)23-30)34(37(52)56-31-24-42(9,10)48(18)43(11,12)25-31)38(53)57-32-26-44(13,14)49(19)45(15,16)27-32/h28-34H,20-27,46H2,1-19H3. The van der Waals surface area contributed by atoms with Crippen molar-refractivity contribution >= 4 is 23.9 Å². The molecule has 0 saturated carbocycles. The van der Waals surface area contributed by atoms with Gasteiger partial charge in [-0.15, -0.1) is 0 Å². The van der Waals surface area contributed by atoms with Crippen molar-refractivity contribution in [3.8, 4) is 0 Å². The number of piperidine rings is 3. The van der Waals surface area contributed by atoms with Crippen molar-refractivity contribution in [2.45, 2.75) is 225 Å². The van der Waals surface area contributed by atoms with Gasteiger partial charge in [-0.1, -0.05) is 13.8 Å². The van der Waals surface area contributed by atoms with Gasteiger partial charge < -0.3 is 24.7 Å². The Morgan fingerprint density at radius 1 is 0.544 bits per heavy atom. The molecule has 0 aromatic rings. The zero-order valence-electron chi connectivity index (χ0n) is 39.4. The molecule has 0 aliphatic carbocycles. The number of carbonyl (C=O) groups is 4. The largest absolute Gasteiger partial charge is 0.462 e. The molecular formula is C45H82N4O8. The molecule has 3 aliphatic heterocycles. The van der Waals surface area contributed by atoms with Crippen LogP contribution in [0.1, 0.15) is 162 Å². The molecule has 57 heavy (non-hydrogen) atoms. The summed E-state index contributed by atoms with van der Waals surface area (Å²) in [6.07, 6.45) is 1.20. The summed E-state index contributed by atoms with van der Waals surface area (Å²) in [6.45, 7) is 32.7. The second-order valence-corrected chi connectivity index (χ2v) is 22.8. The van der Waals surface area contributed by atoms with E-state index >= 15 is 0 Å². The molecule has 12 nitrogen and oxygen atoms in total. The van der Waals surface area contributed by atoms with Gasteiger partial charge in [0.1, 0.15) is 24.4 Å². The molecule has 0 amide bonds. The molecule has 0 aromatic heterocycles. The van der Waals surface area contributed by atoms with E-state index in [2.05, 4.69) is 97.8 Å². The average Bonchev–Trinajstić information content (AvgIpc) is 2.97. The molecule has 330 valence electrons. The number of nitrogens with two attached hydrogens (primary N) is 1. The van der Waals surface area contributed by atoms with Crippen LogP contribution >= 0.6 is 0 Å². The van der Waals surface area contributed by atoms with Crippen LogP contribution in [0.3, 0.4) is 0 Å². The first kappa shape index (κ1) is 49.1. The summed E-state index contributed by atoms with van der Waals surface area (Å²) >= 11 is 0. The van der Waals surface area contributed by atoms with E-state index in [0.29, 0.717) is 51.4 Å². The molecule has 3 heterocycles. The highest BCUT2D eigenvalue weighted by molar-refractivity contribution is 6.07. The Morgan fingerprint density at radius 3 is 1.02 bits per heavy atom. The van der Waals surface area contributed by atoms with Gasteiger partial charge in [0.15, 0.2) is 11.8 Å². The van der Waals surface area contributed by atoms with Gasteiger partial charge in [-0.05, 0) is 130 Å². The van der Waals surface area contributed by atoms with Crippen molar-refractivity contribution < 1.29 is 38.1 Å². The third-order valence-corrected chi connectivity index (χ3v) is 13.8. The van der Waals surface area contributed by atoms with E-state index in [9.17, 15) is 19.2 Å². The minimum atomic E-state index is -1.97. The molecule has 3 saturated heterocycles. The van der Waals surface area contributed by atoms with Crippen LogP contribution < -0.4 is 5.73 Å². The number of likely N-dealkylation sites (tertiary alicyclic amines) is 3. The van der Waals surface area contributed by atoms with Crippen LogP contribution in [-0.4, -0.2) is 123 Å². The van der Waals surface area contributed by atoms with Gasteiger partial charge in [-0.3, -0.25) is 33.9 Å². The van der Waals surface area contributed by atoms with Crippen LogP contribution in [0.2, 0.25) is 0 Å². The lowest BCUT2D eigenvalue weighted by Crippen LogP contribution is -2.61. The summed E-state index contributed by atoms with van der Waals surface area (Å²) in [5, 5.41) is 0. The molecule has 2 unspecified atom stereocenters. The van der Waals surface area contributed by atoms with Crippen molar-refractivity contribution in [1.82, 2.24) is 14.7 Å². The third kappa shape index (κ3) is 12.2. The summed E-state index contributed by atoms with van der Waals surface area (Å²) in [7, 11) is 6.14. The third-order valence-electron chi connectivity index (χ3n) is 13.8. The molecule has 0 radical (unpaired) electrons. The fourth-order valence-electron chi connectivity index (χ4n) is 10.1. The minimum Gasteiger partial charge on any atom is -0.462 e. The summed E-state index contributed by atoms with van der Waals surface area (Å²) < 4.78 is 25.0. The van der Waals surface area contributed by atoms with Gasteiger partial charge in [0, 0.05) is 83.7 Å². The topological polar surface area (TPSA) is 141 Å². The first-order chi connectivity index (χ1) is 25.5. The van der Waals surface area contributed by atoms with Gasteiger partial charge in [0.05, 0.1) is 0 Å². The number of nitrogens with zero attached hydrogens (tertiary/aromatic N) is 3. The lowest BCUT2D eigenvalue weighted by molar-refractivity contribution is -0.193. The second-order valence-electron chi connectivity index (χ2n) is 22.8. The Morgan fingerprint density at radius 2 is 0.789 bits per heavy atom. The maximum Gasteiger partial charge on any atom is 0.322 e. The number of esters is 4. The quantitative estimate of drug-likeness (QED) is 0.118. The van der Waals surface area contributed by atoms with Crippen molar-refractivity contribution in [3.05, 3.63) is 0 Å². The van der Waals surface area contributed by atoms with E-state index in [-0.39, 0.29) is 39.2 Å². The highest BCUT2D eigenvalue weighted by atomic mass is 16.6. The van der Waals surface area contributed by atoms with E-state index in [4.69, 9.17) is 24.7 Å². The Hall–Kier alpha value is -2.28. The smallest absolute Gasteiger partial charge is 0.322 e. The summed E-state index contributed by atoms with van der Waals surface area (Å²) in [5.41, 5.74) is 3.63. The number of rotatable bonds is 13. The molecule has 3 fully saturated rings. The Labute approximate surface area is 345 Å². The molecule has 12 heteroatoms. The zero-order valence-corrected chi connectivity index (χ0v) is 39.4. The zero-order chi connectivity index (χ0) is 44.1. The van der Waals surface area contributed by atoms with E-state index in [1.165, 1.54) is 0 Å². The number of hydrogen-bond acceptors (Lipinski definition) is 12. The van der Waals surface area contributed by atoms with Gasteiger partial charge in [-0.25, -0.2) is 0 Å². The van der Waals surface area contributed by atoms with E-state index in [1.54, 1.807) is 0 Å². The number of hydrogen-bond donors (Lipinski definition) is 1. The SMILES string of the molecule is CC(C)CC(CC(C)(C)N)OC(=O)C(C(=O)OC1CC(C)(C)N(C)C(C)(C)C1)C(C(=O)OC1CC(C)(C)N(C)C(C)(C)C1)C(=O)OC1CC(C)(C)N(C)C(C)(C)C1. The second kappa shape index (κ2) is 17.0. The van der Waals surface area contributed by atoms with E-state index in [0.717, 1.165) is 0 Å². The van der Waals surface area contributed by atoms with Gasteiger partial charge in [0.2, 0.25) is 0 Å². The average molecular weight is 807 g/mol.